The van der Waals surface area contributed by atoms with Gasteiger partial charge in [0, 0.05) is 12.0 Å². The Kier molecular flexibility index (Phi) is 6.34. The third kappa shape index (κ3) is 5.22. The minimum atomic E-state index is -1.21. The first-order valence-corrected chi connectivity index (χ1v) is 6.34. The van der Waals surface area contributed by atoms with Crippen molar-refractivity contribution in [1.29, 1.82) is 0 Å². The Morgan fingerprint density at radius 3 is 2.48 bits per heavy atom. The SMILES string of the molecule is C#CCCC[C@H](NC(=O)Cc1c(F)cccc1F)C(=O)O. The highest BCUT2D eigenvalue weighted by Gasteiger charge is 2.21. The van der Waals surface area contributed by atoms with Crippen molar-refractivity contribution >= 4 is 11.9 Å². The normalized spacial score (nSPS) is 11.5. The number of carbonyl (C=O) groups excluding carboxylic acids is 1. The third-order valence-electron chi connectivity index (χ3n) is 2.85. The molecule has 4 nitrogen and oxygen atoms in total. The van der Waals surface area contributed by atoms with Gasteiger partial charge in [-0.2, -0.15) is 0 Å². The molecule has 0 heterocycles. The Morgan fingerprint density at radius 2 is 1.95 bits per heavy atom. The summed E-state index contributed by atoms with van der Waals surface area (Å²) in [7, 11) is 0. The smallest absolute Gasteiger partial charge is 0.326 e. The highest BCUT2D eigenvalue weighted by atomic mass is 19.1. The fourth-order valence-electron chi connectivity index (χ4n) is 1.77. The molecule has 0 bridgehead atoms. The highest BCUT2D eigenvalue weighted by molar-refractivity contribution is 5.84. The molecule has 1 amide bonds. The van der Waals surface area contributed by atoms with E-state index in [9.17, 15) is 18.4 Å². The molecule has 0 saturated carbocycles. The van der Waals surface area contributed by atoms with E-state index in [1.165, 1.54) is 6.07 Å². The molecule has 0 radical (unpaired) electrons. The van der Waals surface area contributed by atoms with Gasteiger partial charge in [-0.3, -0.25) is 4.79 Å². The molecular weight excluding hydrogens is 280 g/mol. The van der Waals surface area contributed by atoms with Crippen LogP contribution in [0.5, 0.6) is 0 Å². The molecule has 112 valence electrons. The number of carboxylic acids is 1. The number of aliphatic carboxylic acids is 1. The van der Waals surface area contributed by atoms with E-state index in [-0.39, 0.29) is 12.0 Å². The molecule has 0 spiro atoms. The topological polar surface area (TPSA) is 66.4 Å². The molecule has 1 rings (SSSR count). The van der Waals surface area contributed by atoms with Gasteiger partial charge in [0.15, 0.2) is 0 Å². The van der Waals surface area contributed by atoms with Gasteiger partial charge in [-0.25, -0.2) is 13.6 Å². The van der Waals surface area contributed by atoms with Crippen LogP contribution in [0.1, 0.15) is 24.8 Å². The lowest BCUT2D eigenvalue weighted by Crippen LogP contribution is -2.41. The van der Waals surface area contributed by atoms with Crippen LogP contribution in [-0.2, 0) is 16.0 Å². The van der Waals surface area contributed by atoms with Crippen molar-refractivity contribution in [3.05, 3.63) is 35.4 Å². The average Bonchev–Trinajstić information content (AvgIpc) is 2.42. The number of benzene rings is 1. The largest absolute Gasteiger partial charge is 0.480 e. The molecule has 0 aliphatic heterocycles. The molecule has 0 unspecified atom stereocenters. The third-order valence-corrected chi connectivity index (χ3v) is 2.85. The second-order valence-electron chi connectivity index (χ2n) is 4.43. The van der Waals surface area contributed by atoms with Crippen LogP contribution in [0.4, 0.5) is 8.78 Å². The minimum absolute atomic E-state index is 0.158. The van der Waals surface area contributed by atoms with Crippen LogP contribution in [-0.4, -0.2) is 23.0 Å². The molecule has 6 heteroatoms. The van der Waals surface area contributed by atoms with Crippen molar-refractivity contribution in [1.82, 2.24) is 5.32 Å². The molecular formula is C15H15F2NO3. The summed E-state index contributed by atoms with van der Waals surface area (Å²) in [4.78, 5) is 22.7. The Balaban J connectivity index is 2.66. The second-order valence-corrected chi connectivity index (χ2v) is 4.43. The van der Waals surface area contributed by atoms with Gasteiger partial charge < -0.3 is 10.4 Å². The quantitative estimate of drug-likeness (QED) is 0.596. The number of unbranched alkanes of at least 4 members (excludes halogenated alkanes) is 1. The van der Waals surface area contributed by atoms with Gasteiger partial charge in [0.05, 0.1) is 6.42 Å². The van der Waals surface area contributed by atoms with E-state index in [4.69, 9.17) is 11.5 Å². The lowest BCUT2D eigenvalue weighted by molar-refractivity contribution is -0.141. The van der Waals surface area contributed by atoms with Gasteiger partial charge in [0.2, 0.25) is 5.91 Å². The molecule has 2 N–H and O–H groups in total. The fraction of sp³-hybridized carbons (Fsp3) is 0.333. The van der Waals surface area contributed by atoms with E-state index in [1.807, 2.05) is 0 Å². The molecule has 21 heavy (non-hydrogen) atoms. The van der Waals surface area contributed by atoms with Crippen molar-refractivity contribution in [3.8, 4) is 12.3 Å². The van der Waals surface area contributed by atoms with Gasteiger partial charge in [-0.15, -0.1) is 12.3 Å². The Morgan fingerprint density at radius 1 is 1.33 bits per heavy atom. The van der Waals surface area contributed by atoms with E-state index in [1.54, 1.807) is 0 Å². The standard InChI is InChI=1S/C15H15F2NO3/c1-2-3-4-8-13(15(20)21)18-14(19)9-10-11(16)6-5-7-12(10)17/h1,5-7,13H,3-4,8-9H2,(H,18,19)(H,20,21)/t13-/m0/s1. The first-order valence-electron chi connectivity index (χ1n) is 6.34. The molecule has 1 atom stereocenters. The van der Waals surface area contributed by atoms with Crippen molar-refractivity contribution in [2.75, 3.05) is 0 Å². The maximum Gasteiger partial charge on any atom is 0.326 e. The number of hydrogen-bond acceptors (Lipinski definition) is 2. The Bertz CT molecular complexity index is 546. The van der Waals surface area contributed by atoms with Crippen LogP contribution >= 0.6 is 0 Å². The molecule has 0 aromatic heterocycles. The molecule has 1 aromatic rings. The van der Waals surface area contributed by atoms with Crippen molar-refractivity contribution < 1.29 is 23.5 Å². The van der Waals surface area contributed by atoms with Gasteiger partial charge >= 0.3 is 5.97 Å². The first-order chi connectivity index (χ1) is 9.95. The molecule has 1 aromatic carbocycles. The maximum absolute atomic E-state index is 13.4. The summed E-state index contributed by atoms with van der Waals surface area (Å²) in [5.41, 5.74) is -0.386. The average molecular weight is 295 g/mol. The van der Waals surface area contributed by atoms with Crippen LogP contribution in [0, 0.1) is 24.0 Å². The lowest BCUT2D eigenvalue weighted by Gasteiger charge is -2.14. The molecule has 0 aliphatic carbocycles. The Labute approximate surface area is 121 Å². The zero-order valence-corrected chi connectivity index (χ0v) is 11.2. The predicted octanol–water partition coefficient (Wildman–Crippen LogP) is 1.88. The maximum atomic E-state index is 13.4. The summed E-state index contributed by atoms with van der Waals surface area (Å²) in [6, 6.07) is 2.13. The van der Waals surface area contributed by atoms with Crippen LogP contribution in [0.25, 0.3) is 0 Å². The number of carboxylic acid groups (broad SMARTS) is 1. The number of hydrogen-bond donors (Lipinski definition) is 2. The molecule has 0 saturated heterocycles. The van der Waals surface area contributed by atoms with Gasteiger partial charge in [-0.1, -0.05) is 6.07 Å². The number of halogens is 2. The number of nitrogens with one attached hydrogen (secondary N) is 1. The highest BCUT2D eigenvalue weighted by Crippen LogP contribution is 2.13. The number of terminal acetylenes is 1. The van der Waals surface area contributed by atoms with E-state index in [2.05, 4.69) is 11.2 Å². The molecule has 0 aliphatic rings. The van der Waals surface area contributed by atoms with E-state index < -0.39 is 36.0 Å². The summed E-state index contributed by atoms with van der Waals surface area (Å²) in [6.45, 7) is 0. The minimum Gasteiger partial charge on any atom is -0.480 e. The number of rotatable bonds is 7. The summed E-state index contributed by atoms with van der Waals surface area (Å²) in [5, 5.41) is 11.2. The summed E-state index contributed by atoms with van der Waals surface area (Å²) < 4.78 is 26.8. The van der Waals surface area contributed by atoms with Crippen LogP contribution in [0.2, 0.25) is 0 Å². The summed E-state index contributed by atoms with van der Waals surface area (Å²) >= 11 is 0. The zero-order valence-electron chi connectivity index (χ0n) is 11.2. The predicted molar refractivity (Wildman–Crippen MR) is 72.3 cm³/mol. The van der Waals surface area contributed by atoms with E-state index >= 15 is 0 Å². The zero-order chi connectivity index (χ0) is 15.8. The van der Waals surface area contributed by atoms with Crippen molar-refractivity contribution in [2.45, 2.75) is 31.7 Å². The Hall–Kier alpha value is -2.42. The van der Waals surface area contributed by atoms with Crippen molar-refractivity contribution in [2.24, 2.45) is 0 Å². The van der Waals surface area contributed by atoms with E-state index in [0.29, 0.717) is 12.8 Å². The summed E-state index contributed by atoms with van der Waals surface area (Å²) in [5.74, 6) is -1.29. The fourth-order valence-corrected chi connectivity index (χ4v) is 1.77. The van der Waals surface area contributed by atoms with Gasteiger partial charge in [0.25, 0.3) is 0 Å². The number of carbonyl (C=O) groups is 2. The molecule has 0 fully saturated rings. The van der Waals surface area contributed by atoms with Crippen LogP contribution in [0.3, 0.4) is 0 Å². The number of amides is 1. The van der Waals surface area contributed by atoms with Crippen LogP contribution in [0.15, 0.2) is 18.2 Å². The summed E-state index contributed by atoms with van der Waals surface area (Å²) in [6.07, 6.45) is 5.48. The van der Waals surface area contributed by atoms with E-state index in [0.717, 1.165) is 12.1 Å². The lowest BCUT2D eigenvalue weighted by atomic mass is 10.1. The van der Waals surface area contributed by atoms with Crippen LogP contribution < -0.4 is 5.32 Å². The van der Waals surface area contributed by atoms with Crippen molar-refractivity contribution in [3.63, 3.8) is 0 Å². The second kappa shape index (κ2) is 8.00. The monoisotopic (exact) mass is 295 g/mol. The first kappa shape index (κ1) is 16.6. The van der Waals surface area contributed by atoms with Gasteiger partial charge in [0.1, 0.15) is 17.7 Å². The van der Waals surface area contributed by atoms with Gasteiger partial charge in [-0.05, 0) is 25.0 Å².